The highest BCUT2D eigenvalue weighted by atomic mass is 19.2. The summed E-state index contributed by atoms with van der Waals surface area (Å²) in [7, 11) is 0. The van der Waals surface area contributed by atoms with Crippen LogP contribution in [0.15, 0.2) is 36.4 Å². The zero-order chi connectivity index (χ0) is 21.3. The maximum absolute atomic E-state index is 13.4. The quantitative estimate of drug-likeness (QED) is 0.789. The van der Waals surface area contributed by atoms with Gasteiger partial charge in [-0.1, -0.05) is 12.1 Å². The summed E-state index contributed by atoms with van der Waals surface area (Å²) in [6.45, 7) is 1.07. The van der Waals surface area contributed by atoms with E-state index in [1.165, 1.54) is 11.0 Å². The molecule has 2 aliphatic heterocycles. The number of nitrogens with one attached hydrogen (secondary N) is 1. The Morgan fingerprint density at radius 1 is 1.10 bits per heavy atom. The molecule has 9 heteroatoms. The molecule has 30 heavy (non-hydrogen) atoms. The first-order chi connectivity index (χ1) is 14.5. The first-order valence-corrected chi connectivity index (χ1v) is 9.57. The number of anilines is 1. The topological polar surface area (TPSA) is 88.1 Å². The Labute approximate surface area is 171 Å². The van der Waals surface area contributed by atoms with Crippen LogP contribution in [0.3, 0.4) is 0 Å². The van der Waals surface area contributed by atoms with Crippen molar-refractivity contribution in [2.24, 2.45) is 0 Å². The molecule has 0 saturated carbocycles. The van der Waals surface area contributed by atoms with Crippen LogP contribution in [0.1, 0.15) is 34.8 Å². The highest BCUT2D eigenvalue weighted by Crippen LogP contribution is 2.40. The molecule has 158 valence electrons. The van der Waals surface area contributed by atoms with Crippen LogP contribution in [0.4, 0.5) is 19.3 Å². The third kappa shape index (κ3) is 3.80. The number of amides is 2. The minimum absolute atomic E-state index is 0.0964. The Morgan fingerprint density at radius 3 is 2.63 bits per heavy atom. The van der Waals surface area contributed by atoms with E-state index < -0.39 is 29.7 Å². The predicted molar refractivity (Wildman–Crippen MR) is 103 cm³/mol. The Hall–Kier alpha value is -3.20. The number of hydrogen-bond donors (Lipinski definition) is 2. The number of nitrogens with zero attached hydrogens (tertiary/aromatic N) is 1. The summed E-state index contributed by atoms with van der Waals surface area (Å²) in [6, 6.07) is 7.24. The van der Waals surface area contributed by atoms with Crippen LogP contribution in [0.2, 0.25) is 0 Å². The van der Waals surface area contributed by atoms with Crippen LogP contribution < -0.4 is 10.1 Å². The van der Waals surface area contributed by atoms with E-state index in [-0.39, 0.29) is 23.9 Å². The second-order valence-corrected chi connectivity index (χ2v) is 7.17. The first-order valence-electron chi connectivity index (χ1n) is 9.57. The van der Waals surface area contributed by atoms with Crippen molar-refractivity contribution in [3.8, 4) is 5.75 Å². The van der Waals surface area contributed by atoms with E-state index >= 15 is 0 Å². The molecule has 7 nitrogen and oxygen atoms in total. The molecule has 2 atom stereocenters. The van der Waals surface area contributed by atoms with Gasteiger partial charge in [-0.15, -0.1) is 0 Å². The zero-order valence-electron chi connectivity index (χ0n) is 15.9. The van der Waals surface area contributed by atoms with Crippen molar-refractivity contribution >= 4 is 17.7 Å². The standard InChI is InChI=1S/C21H20F2N2O5/c22-16-5-4-12(10-17(16)23)24-20(26)15-3-1-2-14-18(7-9-30-19(14)15)25(21(27)28)13-6-8-29-11-13/h1-5,10,13,18H,6-9,11H2,(H,24,26)(H,27,28). The van der Waals surface area contributed by atoms with Crippen molar-refractivity contribution in [3.05, 3.63) is 59.2 Å². The minimum Gasteiger partial charge on any atom is -0.492 e. The molecule has 2 amide bonds. The van der Waals surface area contributed by atoms with E-state index in [2.05, 4.69) is 5.32 Å². The van der Waals surface area contributed by atoms with Gasteiger partial charge in [0.25, 0.3) is 5.91 Å². The van der Waals surface area contributed by atoms with Crippen molar-refractivity contribution in [1.29, 1.82) is 0 Å². The van der Waals surface area contributed by atoms with Gasteiger partial charge < -0.3 is 19.9 Å². The van der Waals surface area contributed by atoms with Gasteiger partial charge in [0, 0.05) is 30.3 Å². The Kier molecular flexibility index (Phi) is 5.54. The van der Waals surface area contributed by atoms with E-state index in [0.29, 0.717) is 37.4 Å². The van der Waals surface area contributed by atoms with E-state index in [1.54, 1.807) is 18.2 Å². The van der Waals surface area contributed by atoms with Gasteiger partial charge >= 0.3 is 6.09 Å². The molecule has 2 unspecified atom stereocenters. The average Bonchev–Trinajstić information content (AvgIpc) is 3.24. The van der Waals surface area contributed by atoms with Gasteiger partial charge in [0.15, 0.2) is 11.6 Å². The third-order valence-corrected chi connectivity index (χ3v) is 5.32. The molecule has 1 saturated heterocycles. The third-order valence-electron chi connectivity index (χ3n) is 5.32. The van der Waals surface area contributed by atoms with E-state index in [4.69, 9.17) is 9.47 Å². The van der Waals surface area contributed by atoms with Crippen LogP contribution in [0.25, 0.3) is 0 Å². The van der Waals surface area contributed by atoms with Gasteiger partial charge in [-0.05, 0) is 24.6 Å². The zero-order valence-corrected chi connectivity index (χ0v) is 15.9. The van der Waals surface area contributed by atoms with Crippen LogP contribution >= 0.6 is 0 Å². The molecule has 0 radical (unpaired) electrons. The smallest absolute Gasteiger partial charge is 0.408 e. The normalized spacial score (nSPS) is 20.2. The molecule has 2 N–H and O–H groups in total. The monoisotopic (exact) mass is 418 g/mol. The molecular formula is C21H20F2N2O5. The van der Waals surface area contributed by atoms with Gasteiger partial charge in [-0.2, -0.15) is 0 Å². The Balaban J connectivity index is 1.64. The Morgan fingerprint density at radius 2 is 1.93 bits per heavy atom. The number of carbonyl (C=O) groups is 2. The van der Waals surface area contributed by atoms with Gasteiger partial charge in [-0.3, -0.25) is 9.69 Å². The second-order valence-electron chi connectivity index (χ2n) is 7.17. The number of carboxylic acid groups (broad SMARTS) is 1. The van der Waals surface area contributed by atoms with Gasteiger partial charge in [-0.25, -0.2) is 13.6 Å². The van der Waals surface area contributed by atoms with Crippen LogP contribution in [-0.2, 0) is 4.74 Å². The molecule has 2 aliphatic rings. The van der Waals surface area contributed by atoms with Gasteiger partial charge in [0.1, 0.15) is 5.75 Å². The summed E-state index contributed by atoms with van der Waals surface area (Å²) in [6.07, 6.45) is -0.000658. The first kappa shape index (κ1) is 20.1. The van der Waals surface area contributed by atoms with Crippen molar-refractivity contribution in [3.63, 3.8) is 0 Å². The number of fused-ring (bicyclic) bond motifs is 1. The number of hydrogen-bond acceptors (Lipinski definition) is 4. The van der Waals surface area contributed by atoms with Crippen molar-refractivity contribution in [2.75, 3.05) is 25.1 Å². The lowest BCUT2D eigenvalue weighted by molar-refractivity contribution is 0.0721. The molecule has 0 spiro atoms. The summed E-state index contributed by atoms with van der Waals surface area (Å²) in [5, 5.41) is 12.3. The molecule has 2 aromatic rings. The average molecular weight is 418 g/mol. The summed E-state index contributed by atoms with van der Waals surface area (Å²) < 4.78 is 37.7. The summed E-state index contributed by atoms with van der Waals surface area (Å²) in [5.41, 5.74) is 0.877. The van der Waals surface area contributed by atoms with Crippen molar-refractivity contribution in [1.82, 2.24) is 4.90 Å². The molecule has 0 bridgehead atoms. The molecule has 2 aromatic carbocycles. The summed E-state index contributed by atoms with van der Waals surface area (Å²) in [5.74, 6) is -2.36. The number of benzene rings is 2. The Bertz CT molecular complexity index is 978. The minimum atomic E-state index is -1.07. The van der Waals surface area contributed by atoms with Crippen LogP contribution in [0, 0.1) is 11.6 Å². The fourth-order valence-electron chi connectivity index (χ4n) is 3.93. The number of rotatable bonds is 4. The number of para-hydroxylation sites is 1. The lowest BCUT2D eigenvalue weighted by atomic mass is 9.94. The fourth-order valence-corrected chi connectivity index (χ4v) is 3.93. The number of ether oxygens (including phenoxy) is 2. The number of carbonyl (C=O) groups excluding carboxylic acids is 1. The molecule has 2 heterocycles. The lowest BCUT2D eigenvalue weighted by Gasteiger charge is -2.37. The van der Waals surface area contributed by atoms with Crippen molar-refractivity contribution in [2.45, 2.75) is 24.9 Å². The largest absolute Gasteiger partial charge is 0.492 e. The van der Waals surface area contributed by atoms with Gasteiger partial charge in [0.2, 0.25) is 0 Å². The van der Waals surface area contributed by atoms with Crippen LogP contribution in [-0.4, -0.2) is 47.9 Å². The maximum Gasteiger partial charge on any atom is 0.408 e. The van der Waals surface area contributed by atoms with E-state index in [9.17, 15) is 23.5 Å². The highest BCUT2D eigenvalue weighted by molar-refractivity contribution is 6.06. The molecular weight excluding hydrogens is 398 g/mol. The second kappa shape index (κ2) is 8.27. The predicted octanol–water partition coefficient (Wildman–Crippen LogP) is 3.81. The van der Waals surface area contributed by atoms with E-state index in [1.807, 2.05) is 0 Å². The summed E-state index contributed by atoms with van der Waals surface area (Å²) in [4.78, 5) is 26.2. The van der Waals surface area contributed by atoms with E-state index in [0.717, 1.165) is 12.1 Å². The summed E-state index contributed by atoms with van der Waals surface area (Å²) >= 11 is 0. The highest BCUT2D eigenvalue weighted by Gasteiger charge is 2.38. The molecule has 4 rings (SSSR count). The van der Waals surface area contributed by atoms with Crippen LogP contribution in [0.5, 0.6) is 5.75 Å². The lowest BCUT2D eigenvalue weighted by Crippen LogP contribution is -2.44. The van der Waals surface area contributed by atoms with Gasteiger partial charge in [0.05, 0.1) is 30.9 Å². The fraction of sp³-hybridized carbons (Fsp3) is 0.333. The molecule has 0 aromatic heterocycles. The molecule has 1 fully saturated rings. The maximum atomic E-state index is 13.4. The van der Waals surface area contributed by atoms with Crippen molar-refractivity contribution < 1.29 is 33.0 Å². The number of halogens is 2. The molecule has 0 aliphatic carbocycles. The SMILES string of the molecule is O=C(Nc1ccc(F)c(F)c1)c1cccc2c1OCCC2N(C(=O)O)C1CCOC1.